The average Bonchev–Trinajstić information content (AvgIpc) is 3.09. The number of aromatic nitrogens is 6. The zero-order chi connectivity index (χ0) is 12.8. The third kappa shape index (κ3) is 1.50. The Kier molecular flexibility index (Phi) is 2.07. The molecule has 92 valence electrons. The molecule has 0 bridgehead atoms. The number of imidazole rings is 1. The van der Waals surface area contributed by atoms with Gasteiger partial charge < -0.3 is 4.57 Å². The van der Waals surface area contributed by atoms with Crippen molar-refractivity contribution >= 4 is 28.2 Å². The second-order valence-electron chi connectivity index (χ2n) is 4.12. The highest BCUT2D eigenvalue weighted by Gasteiger charge is 2.11. The molecule has 6 nitrogen and oxygen atoms in total. The van der Waals surface area contributed by atoms with E-state index in [2.05, 4.69) is 20.5 Å². The van der Waals surface area contributed by atoms with E-state index in [0.29, 0.717) is 10.7 Å². The molecule has 3 aromatic heterocycles. The molecule has 0 spiro atoms. The minimum absolute atomic E-state index is 0.652. The highest BCUT2D eigenvalue weighted by atomic mass is 35.5. The van der Waals surface area contributed by atoms with Gasteiger partial charge in [-0.3, -0.25) is 0 Å². The highest BCUT2D eigenvalue weighted by Crippen LogP contribution is 2.24. The van der Waals surface area contributed by atoms with E-state index in [9.17, 15) is 0 Å². The monoisotopic (exact) mass is 270 g/mol. The first-order valence-electron chi connectivity index (χ1n) is 5.61. The molecule has 0 saturated heterocycles. The van der Waals surface area contributed by atoms with Crippen LogP contribution in [0.5, 0.6) is 0 Å². The summed E-state index contributed by atoms with van der Waals surface area (Å²) in [6, 6.07) is 7.65. The van der Waals surface area contributed by atoms with Crippen LogP contribution >= 0.6 is 11.6 Å². The van der Waals surface area contributed by atoms with E-state index in [1.165, 1.54) is 0 Å². The molecular weight excluding hydrogens is 264 g/mol. The van der Waals surface area contributed by atoms with Gasteiger partial charge in [-0.25, -0.2) is 4.98 Å². The molecule has 0 fully saturated rings. The number of benzene rings is 1. The van der Waals surface area contributed by atoms with Gasteiger partial charge in [0.1, 0.15) is 0 Å². The van der Waals surface area contributed by atoms with Gasteiger partial charge in [0, 0.05) is 22.8 Å². The van der Waals surface area contributed by atoms with Crippen LogP contribution in [0, 0.1) is 0 Å². The van der Waals surface area contributed by atoms with Crippen molar-refractivity contribution < 1.29 is 0 Å². The third-order valence-corrected chi connectivity index (χ3v) is 3.23. The van der Waals surface area contributed by atoms with E-state index in [1.54, 1.807) is 17.0 Å². The van der Waals surface area contributed by atoms with Crippen LogP contribution in [-0.2, 0) is 0 Å². The summed E-state index contributed by atoms with van der Waals surface area (Å²) in [7, 11) is 0. The van der Waals surface area contributed by atoms with Crippen LogP contribution < -0.4 is 0 Å². The molecular formula is C12H7ClN6. The quantitative estimate of drug-likeness (QED) is 0.531. The molecule has 19 heavy (non-hydrogen) atoms. The molecule has 4 aromatic rings. The first-order valence-corrected chi connectivity index (χ1v) is 5.99. The second-order valence-corrected chi connectivity index (χ2v) is 4.55. The predicted molar refractivity (Wildman–Crippen MR) is 70.4 cm³/mol. The van der Waals surface area contributed by atoms with Crippen LogP contribution in [0.4, 0.5) is 0 Å². The van der Waals surface area contributed by atoms with Gasteiger partial charge >= 0.3 is 0 Å². The maximum atomic E-state index is 6.03. The molecule has 0 saturated carbocycles. The van der Waals surface area contributed by atoms with Gasteiger partial charge in [-0.2, -0.15) is 4.52 Å². The number of hydrogen-bond donors (Lipinski definition) is 0. The van der Waals surface area contributed by atoms with E-state index < -0.39 is 0 Å². The summed E-state index contributed by atoms with van der Waals surface area (Å²) < 4.78 is 3.55. The Morgan fingerprint density at radius 2 is 2.11 bits per heavy atom. The van der Waals surface area contributed by atoms with Crippen molar-refractivity contribution in [3.63, 3.8) is 0 Å². The zero-order valence-electron chi connectivity index (χ0n) is 9.60. The van der Waals surface area contributed by atoms with Crippen LogP contribution in [0.3, 0.4) is 0 Å². The summed E-state index contributed by atoms with van der Waals surface area (Å²) in [5.74, 6) is 0. The van der Waals surface area contributed by atoms with Gasteiger partial charge in [-0.1, -0.05) is 17.7 Å². The highest BCUT2D eigenvalue weighted by molar-refractivity contribution is 6.31. The Labute approximate surface area is 112 Å². The van der Waals surface area contributed by atoms with Crippen LogP contribution in [0.25, 0.3) is 22.2 Å². The van der Waals surface area contributed by atoms with E-state index in [4.69, 9.17) is 11.6 Å². The lowest BCUT2D eigenvalue weighted by Crippen LogP contribution is -1.98. The van der Waals surface area contributed by atoms with Gasteiger partial charge in [0.05, 0.1) is 17.5 Å². The second kappa shape index (κ2) is 3.76. The van der Waals surface area contributed by atoms with Crippen LogP contribution in [0.2, 0.25) is 5.02 Å². The van der Waals surface area contributed by atoms with Crippen LogP contribution in [-0.4, -0.2) is 29.6 Å². The molecule has 0 amide bonds. The zero-order valence-corrected chi connectivity index (χ0v) is 10.4. The Bertz CT molecular complexity index is 880. The lowest BCUT2D eigenvalue weighted by molar-refractivity contribution is 0.841. The number of pyridine rings is 1. The fourth-order valence-electron chi connectivity index (χ4n) is 2.13. The molecule has 0 atom stereocenters. The first-order chi connectivity index (χ1) is 9.33. The molecule has 0 N–H and O–H groups in total. The predicted octanol–water partition coefficient (Wildman–Crippen LogP) is 2.12. The SMILES string of the molecule is Clc1ccc2cc(-n3ccnc3)c3nnnn3c2c1. The van der Waals surface area contributed by atoms with E-state index in [-0.39, 0.29) is 0 Å². The average molecular weight is 271 g/mol. The Balaban J connectivity index is 2.19. The van der Waals surface area contributed by atoms with Gasteiger partial charge in [-0.15, -0.1) is 5.10 Å². The van der Waals surface area contributed by atoms with Gasteiger partial charge in [0.2, 0.25) is 5.65 Å². The molecule has 0 radical (unpaired) electrons. The number of tetrazole rings is 1. The summed E-state index contributed by atoms with van der Waals surface area (Å²) in [4.78, 5) is 4.05. The maximum Gasteiger partial charge on any atom is 0.203 e. The number of fused-ring (bicyclic) bond motifs is 3. The largest absolute Gasteiger partial charge is 0.303 e. The molecule has 7 heteroatoms. The Morgan fingerprint density at radius 3 is 2.95 bits per heavy atom. The molecule has 3 heterocycles. The lowest BCUT2D eigenvalue weighted by atomic mass is 10.2. The van der Waals surface area contributed by atoms with Crippen molar-refractivity contribution in [1.29, 1.82) is 0 Å². The maximum absolute atomic E-state index is 6.03. The summed E-state index contributed by atoms with van der Waals surface area (Å²) in [6.45, 7) is 0. The van der Waals surface area contributed by atoms with Gasteiger partial charge in [0.15, 0.2) is 0 Å². The molecule has 1 aromatic carbocycles. The minimum atomic E-state index is 0.652. The number of nitrogens with zero attached hydrogens (tertiary/aromatic N) is 6. The fourth-order valence-corrected chi connectivity index (χ4v) is 2.30. The van der Waals surface area contributed by atoms with Crippen molar-refractivity contribution in [3.8, 4) is 5.69 Å². The number of hydrogen-bond acceptors (Lipinski definition) is 4. The number of halogens is 1. The molecule has 4 rings (SSSR count). The molecule has 0 unspecified atom stereocenters. The van der Waals surface area contributed by atoms with Gasteiger partial charge in [-0.05, 0) is 28.6 Å². The summed E-state index contributed by atoms with van der Waals surface area (Å²) >= 11 is 6.03. The van der Waals surface area contributed by atoms with Crippen molar-refractivity contribution in [2.75, 3.05) is 0 Å². The van der Waals surface area contributed by atoms with Crippen molar-refractivity contribution in [3.05, 3.63) is 48.0 Å². The molecule has 0 aliphatic rings. The van der Waals surface area contributed by atoms with Crippen molar-refractivity contribution in [2.45, 2.75) is 0 Å². The van der Waals surface area contributed by atoms with E-state index >= 15 is 0 Å². The summed E-state index contributed by atoms with van der Waals surface area (Å²) in [5, 5.41) is 13.5. The van der Waals surface area contributed by atoms with Crippen molar-refractivity contribution in [1.82, 2.24) is 29.6 Å². The van der Waals surface area contributed by atoms with Crippen LogP contribution in [0.1, 0.15) is 0 Å². The van der Waals surface area contributed by atoms with Crippen molar-refractivity contribution in [2.24, 2.45) is 0 Å². The smallest absolute Gasteiger partial charge is 0.203 e. The van der Waals surface area contributed by atoms with E-state index in [0.717, 1.165) is 16.6 Å². The lowest BCUT2D eigenvalue weighted by Gasteiger charge is -2.06. The molecule has 0 aliphatic carbocycles. The van der Waals surface area contributed by atoms with Gasteiger partial charge in [0.25, 0.3) is 0 Å². The van der Waals surface area contributed by atoms with E-state index in [1.807, 2.05) is 35.0 Å². The topological polar surface area (TPSA) is 60.9 Å². The molecule has 0 aliphatic heterocycles. The number of rotatable bonds is 1. The standard InChI is InChI=1S/C12H7ClN6/c13-9-2-1-8-5-11(18-4-3-14-7-18)12-15-16-17-19(12)10(8)6-9/h1-7H. The normalized spacial score (nSPS) is 11.4. The Hall–Kier alpha value is -2.47. The minimum Gasteiger partial charge on any atom is -0.303 e. The Morgan fingerprint density at radius 1 is 1.16 bits per heavy atom. The third-order valence-electron chi connectivity index (χ3n) is 2.99. The fraction of sp³-hybridized carbons (Fsp3) is 0. The first kappa shape index (κ1) is 10.5. The summed E-state index contributed by atoms with van der Waals surface area (Å²) in [6.07, 6.45) is 5.28. The van der Waals surface area contributed by atoms with Crippen LogP contribution in [0.15, 0.2) is 43.0 Å². The summed E-state index contributed by atoms with van der Waals surface area (Å²) in [5.41, 5.74) is 2.40.